The monoisotopic (exact) mass is 984 g/mol. The lowest BCUT2D eigenvalue weighted by atomic mass is 9.68. The number of ether oxygens (including phenoxy) is 1. The van der Waals surface area contributed by atoms with Crippen molar-refractivity contribution < 1.29 is 4.74 Å². The normalized spacial score (nSPS) is 13.3. The van der Waals surface area contributed by atoms with E-state index in [0.29, 0.717) is 0 Å². The van der Waals surface area contributed by atoms with Crippen molar-refractivity contribution in [3.05, 3.63) is 244 Å². The second kappa shape index (κ2) is 19.0. The quantitative estimate of drug-likeness (QED) is 0.144. The number of rotatable bonds is 9. The molecule has 7 aromatic carbocycles. The fourth-order valence-electron chi connectivity index (χ4n) is 11.1. The number of benzene rings is 7. The lowest BCUT2D eigenvalue weighted by Gasteiger charge is -2.34. The van der Waals surface area contributed by atoms with E-state index in [1.54, 1.807) is 0 Å². The number of anilines is 3. The van der Waals surface area contributed by atoms with Gasteiger partial charge in [-0.3, -0.25) is 9.97 Å². The van der Waals surface area contributed by atoms with Gasteiger partial charge in [-0.2, -0.15) is 0 Å². The minimum Gasteiger partial charge on any atom is -0.457 e. The van der Waals surface area contributed by atoms with Gasteiger partial charge < -0.3 is 9.64 Å². The van der Waals surface area contributed by atoms with Crippen LogP contribution in [-0.2, 0) is 27.1 Å². The van der Waals surface area contributed by atoms with E-state index >= 15 is 0 Å². The highest BCUT2D eigenvalue weighted by Gasteiger charge is 2.48. The molecule has 0 atom stereocenters. The van der Waals surface area contributed by atoms with Gasteiger partial charge in [0.1, 0.15) is 11.5 Å². The summed E-state index contributed by atoms with van der Waals surface area (Å²) in [6, 6.07) is 64.7. The van der Waals surface area contributed by atoms with Gasteiger partial charge in [-0.25, -0.2) is 0 Å². The molecule has 0 aliphatic heterocycles. The summed E-state index contributed by atoms with van der Waals surface area (Å²) in [6.45, 7) is 31.7. The van der Waals surface area contributed by atoms with Crippen molar-refractivity contribution in [2.75, 3.05) is 4.90 Å². The summed E-state index contributed by atoms with van der Waals surface area (Å²) in [5.41, 5.74) is 21.0. The second-order valence-electron chi connectivity index (χ2n) is 25.0. The third-order valence-electron chi connectivity index (χ3n) is 15.4. The van der Waals surface area contributed by atoms with Gasteiger partial charge in [-0.05, 0) is 187 Å². The van der Waals surface area contributed by atoms with Crippen LogP contribution in [0.1, 0.15) is 139 Å². The molecule has 0 saturated heterocycles. The van der Waals surface area contributed by atoms with Crippen LogP contribution in [0.15, 0.2) is 188 Å². The highest BCUT2D eigenvalue weighted by Crippen LogP contribution is 2.57. The predicted octanol–water partition coefficient (Wildman–Crippen LogP) is 19.2. The fourth-order valence-corrected chi connectivity index (χ4v) is 11.1. The maximum Gasteiger partial charge on any atom is 0.128 e. The van der Waals surface area contributed by atoms with E-state index in [9.17, 15) is 0 Å². The fraction of sp³-hybridized carbons (Fsp3) is 0.268. The molecule has 4 nitrogen and oxygen atoms in total. The summed E-state index contributed by atoms with van der Waals surface area (Å²) in [7, 11) is 0. The number of hydrogen-bond donors (Lipinski definition) is 0. The van der Waals surface area contributed by atoms with Crippen LogP contribution in [0, 0.1) is 13.8 Å². The number of aryl methyl sites for hydroxylation is 2. The molecule has 2 aromatic heterocycles. The Bertz CT molecular complexity index is 3420. The zero-order valence-corrected chi connectivity index (χ0v) is 46.6. The zero-order valence-electron chi connectivity index (χ0n) is 46.6. The molecule has 4 heteroatoms. The molecular formula is C71H73N3O. The topological polar surface area (TPSA) is 38.2 Å². The maximum atomic E-state index is 7.23. The first-order valence-electron chi connectivity index (χ1n) is 26.7. The van der Waals surface area contributed by atoms with E-state index in [2.05, 4.69) is 272 Å². The first-order valence-corrected chi connectivity index (χ1v) is 26.7. The molecule has 1 aliphatic carbocycles. The average Bonchev–Trinajstić information content (AvgIpc) is 3.67. The molecule has 0 amide bonds. The van der Waals surface area contributed by atoms with Crippen LogP contribution in [-0.4, -0.2) is 9.97 Å². The molecule has 75 heavy (non-hydrogen) atoms. The van der Waals surface area contributed by atoms with Gasteiger partial charge in [0, 0.05) is 35.0 Å². The van der Waals surface area contributed by atoms with Gasteiger partial charge in [0.05, 0.1) is 16.8 Å². The highest BCUT2D eigenvalue weighted by molar-refractivity contribution is 5.87. The van der Waals surface area contributed by atoms with Crippen LogP contribution >= 0.6 is 0 Å². The summed E-state index contributed by atoms with van der Waals surface area (Å²) in [4.78, 5) is 12.7. The Balaban J connectivity index is 1.13. The molecule has 0 bridgehead atoms. The van der Waals surface area contributed by atoms with Crippen molar-refractivity contribution in [1.82, 2.24) is 9.97 Å². The molecule has 9 aromatic rings. The van der Waals surface area contributed by atoms with Crippen molar-refractivity contribution >= 4 is 17.1 Å². The van der Waals surface area contributed by atoms with Gasteiger partial charge >= 0.3 is 0 Å². The molecule has 378 valence electrons. The zero-order chi connectivity index (χ0) is 53.2. The molecule has 1 aliphatic rings. The van der Waals surface area contributed by atoms with Crippen molar-refractivity contribution in [2.24, 2.45) is 0 Å². The van der Waals surface area contributed by atoms with Gasteiger partial charge in [0.25, 0.3) is 0 Å². The van der Waals surface area contributed by atoms with Crippen LogP contribution in [0.5, 0.6) is 11.5 Å². The summed E-state index contributed by atoms with van der Waals surface area (Å²) in [5, 5.41) is 0. The highest BCUT2D eigenvalue weighted by atomic mass is 16.5. The Labute approximate surface area is 447 Å². The lowest BCUT2D eigenvalue weighted by Crippen LogP contribution is -2.30. The van der Waals surface area contributed by atoms with Gasteiger partial charge in [0.2, 0.25) is 0 Å². The predicted molar refractivity (Wildman–Crippen MR) is 316 cm³/mol. The summed E-state index contributed by atoms with van der Waals surface area (Å²) < 4.78 is 7.23. The Morgan fingerprint density at radius 1 is 0.400 bits per heavy atom. The van der Waals surface area contributed by atoms with Crippen LogP contribution in [0.2, 0.25) is 0 Å². The SMILES string of the molecule is Cc1cccc(C)c1-c1cc(Oc2cccc(C3(c4ccccn4)c4cc(C(C)(C)C)ccc4-c4ccc(C(C)(C)C)cc43)c2)cc(-c2cc(N(c3ccc(C(C)(C)C)cc3)c3ccc(C(C)(C)C)cc3)ccn2)c1. The average molecular weight is 984 g/mol. The van der Waals surface area contributed by atoms with Gasteiger partial charge in [-0.15, -0.1) is 0 Å². The lowest BCUT2D eigenvalue weighted by molar-refractivity contribution is 0.481. The number of hydrogen-bond acceptors (Lipinski definition) is 4. The molecule has 0 radical (unpaired) electrons. The molecule has 0 spiro atoms. The van der Waals surface area contributed by atoms with E-state index in [4.69, 9.17) is 14.7 Å². The molecule has 10 rings (SSSR count). The first-order chi connectivity index (χ1) is 35.5. The third kappa shape index (κ3) is 9.72. The third-order valence-corrected chi connectivity index (χ3v) is 15.4. The van der Waals surface area contributed by atoms with Crippen molar-refractivity contribution in [2.45, 2.75) is 124 Å². The van der Waals surface area contributed by atoms with Gasteiger partial charge in [0.15, 0.2) is 0 Å². The Morgan fingerprint density at radius 3 is 1.44 bits per heavy atom. The second-order valence-corrected chi connectivity index (χ2v) is 25.0. The Morgan fingerprint density at radius 2 is 0.920 bits per heavy atom. The maximum absolute atomic E-state index is 7.23. The summed E-state index contributed by atoms with van der Waals surface area (Å²) in [6.07, 6.45) is 3.87. The molecule has 0 unspecified atom stereocenters. The van der Waals surface area contributed by atoms with Crippen molar-refractivity contribution in [3.8, 4) is 45.0 Å². The minimum atomic E-state index is -0.727. The van der Waals surface area contributed by atoms with E-state index in [-0.39, 0.29) is 21.7 Å². The van der Waals surface area contributed by atoms with Crippen LogP contribution in [0.4, 0.5) is 17.1 Å². The molecule has 2 heterocycles. The van der Waals surface area contributed by atoms with Crippen LogP contribution < -0.4 is 9.64 Å². The van der Waals surface area contributed by atoms with E-state index in [0.717, 1.165) is 56.6 Å². The number of aromatic nitrogens is 2. The van der Waals surface area contributed by atoms with E-state index < -0.39 is 5.41 Å². The van der Waals surface area contributed by atoms with Crippen LogP contribution in [0.3, 0.4) is 0 Å². The number of fused-ring (bicyclic) bond motifs is 3. The molecule has 0 fully saturated rings. The van der Waals surface area contributed by atoms with Gasteiger partial charge in [-0.1, -0.05) is 180 Å². The molecule has 0 N–H and O–H groups in total. The standard InChI is InChI=1S/C71H73N3O/c1-46-19-17-20-47(2)66(46)49-39-48(64-45-57(36-38-72-64)74(55-30-24-50(25-31-55)67(3,4)5)56-32-26-51(27-33-56)68(6,7)8)40-59(41-49)75-58-22-18-21-54(42-58)71(65-23-15-16-37-73-65)62-43-52(69(9,10)11)28-34-60(62)61-35-29-53(44-63(61)71)70(12,13)14/h15-45H,1-14H3. The van der Waals surface area contributed by atoms with E-state index in [1.165, 1.54) is 61.2 Å². The first kappa shape index (κ1) is 50.9. The smallest absolute Gasteiger partial charge is 0.128 e. The van der Waals surface area contributed by atoms with E-state index in [1.807, 2.05) is 18.5 Å². The van der Waals surface area contributed by atoms with Crippen LogP contribution in [0.25, 0.3) is 33.5 Å². The minimum absolute atomic E-state index is 0.0311. The number of nitrogens with zero attached hydrogens (tertiary/aromatic N) is 3. The Hall–Kier alpha value is -7.56. The van der Waals surface area contributed by atoms with Crippen molar-refractivity contribution in [1.29, 1.82) is 0 Å². The molecule has 0 saturated carbocycles. The summed E-state index contributed by atoms with van der Waals surface area (Å²) >= 11 is 0. The largest absolute Gasteiger partial charge is 0.457 e. The Kier molecular flexibility index (Phi) is 12.9. The number of pyridine rings is 2. The molecular weight excluding hydrogens is 911 g/mol. The summed E-state index contributed by atoms with van der Waals surface area (Å²) in [5.74, 6) is 1.47. The van der Waals surface area contributed by atoms with Crippen molar-refractivity contribution in [3.63, 3.8) is 0 Å².